The first-order valence-corrected chi connectivity index (χ1v) is 10.4. The van der Waals surface area contributed by atoms with Gasteiger partial charge in [-0.3, -0.25) is 0 Å². The lowest BCUT2D eigenvalue weighted by molar-refractivity contribution is 0.0473. The molecule has 0 bridgehead atoms. The molecule has 0 aliphatic heterocycles. The van der Waals surface area contributed by atoms with Crippen molar-refractivity contribution in [3.8, 4) is 0 Å². The largest absolute Gasteiger partial charge is 0.444 e. The number of ether oxygens (including phenoxy) is 1. The van der Waals surface area contributed by atoms with Gasteiger partial charge in [-0.25, -0.2) is 9.18 Å². The van der Waals surface area contributed by atoms with Crippen LogP contribution in [0.4, 0.5) is 9.18 Å². The van der Waals surface area contributed by atoms with Gasteiger partial charge < -0.3 is 14.5 Å². The Morgan fingerprint density at radius 3 is 2.71 bits per heavy atom. The van der Waals surface area contributed by atoms with Crippen LogP contribution in [-0.4, -0.2) is 21.9 Å². The average Bonchev–Trinajstić information content (AvgIpc) is 3.05. The van der Waals surface area contributed by atoms with Crippen LogP contribution in [0.1, 0.15) is 58.5 Å². The first-order chi connectivity index (χ1) is 13.1. The summed E-state index contributed by atoms with van der Waals surface area (Å²) < 4.78 is 24.9. The molecule has 0 aliphatic carbocycles. The van der Waals surface area contributed by atoms with Gasteiger partial charge in [0.15, 0.2) is 0 Å². The van der Waals surface area contributed by atoms with Crippen LogP contribution in [0.3, 0.4) is 0 Å². The molecule has 1 aromatic heterocycles. The molecule has 1 N–H and O–H groups in total. The van der Waals surface area contributed by atoms with Gasteiger partial charge in [0.25, 0.3) is 5.22 Å². The second-order valence-corrected chi connectivity index (χ2v) is 8.74. The number of carbonyl (C=O) groups is 1. The molecule has 0 saturated carbocycles. The molecule has 2 atom stereocenters. The van der Waals surface area contributed by atoms with Crippen LogP contribution < -0.4 is 5.32 Å². The highest BCUT2D eigenvalue weighted by atomic mass is 35.5. The molecule has 154 valence electrons. The quantitative estimate of drug-likeness (QED) is 0.563. The molecule has 2 rings (SSSR count). The third-order valence-corrected chi connectivity index (χ3v) is 5.17. The molecule has 0 spiro atoms. The van der Waals surface area contributed by atoms with Gasteiger partial charge in [-0.2, -0.15) is 0 Å². The molecule has 9 heteroatoms. The lowest BCUT2D eigenvalue weighted by Gasteiger charge is -2.24. The Balaban J connectivity index is 2.10. The van der Waals surface area contributed by atoms with Gasteiger partial charge in [-0.1, -0.05) is 49.7 Å². The SMILES string of the molecule is CC[C@@H](C)[C@@H](NC(=O)OC(C)(C)C)c1nnc(SCc2c(F)cccc2Cl)o1. The van der Waals surface area contributed by atoms with Crippen molar-refractivity contribution in [2.45, 2.75) is 63.7 Å². The Kier molecular flexibility index (Phi) is 7.71. The fourth-order valence-corrected chi connectivity index (χ4v) is 3.44. The Morgan fingerprint density at radius 1 is 1.39 bits per heavy atom. The predicted molar refractivity (Wildman–Crippen MR) is 107 cm³/mol. The lowest BCUT2D eigenvalue weighted by Crippen LogP contribution is -2.37. The number of hydrogen-bond donors (Lipinski definition) is 1. The average molecular weight is 430 g/mol. The third-order valence-electron chi connectivity index (χ3n) is 3.98. The summed E-state index contributed by atoms with van der Waals surface area (Å²) in [6, 6.07) is 4.04. The number of alkyl carbamates (subject to hydrolysis) is 1. The van der Waals surface area contributed by atoms with Crippen molar-refractivity contribution in [1.82, 2.24) is 15.5 Å². The number of carbonyl (C=O) groups excluding carboxylic acids is 1. The fraction of sp³-hybridized carbons (Fsp3) is 0.526. The van der Waals surface area contributed by atoms with Gasteiger partial charge in [-0.15, -0.1) is 10.2 Å². The van der Waals surface area contributed by atoms with E-state index in [4.69, 9.17) is 20.8 Å². The Hall–Kier alpha value is -1.80. The highest BCUT2D eigenvalue weighted by Crippen LogP contribution is 2.30. The summed E-state index contributed by atoms with van der Waals surface area (Å²) in [7, 11) is 0. The zero-order chi connectivity index (χ0) is 20.9. The molecule has 6 nitrogen and oxygen atoms in total. The summed E-state index contributed by atoms with van der Waals surface area (Å²) in [6.45, 7) is 9.35. The summed E-state index contributed by atoms with van der Waals surface area (Å²) in [6.07, 6.45) is 0.235. The molecule has 1 aromatic carbocycles. The summed E-state index contributed by atoms with van der Waals surface area (Å²) in [5.41, 5.74) is -0.238. The van der Waals surface area contributed by atoms with E-state index in [1.165, 1.54) is 17.8 Å². The molecule has 1 heterocycles. The minimum atomic E-state index is -0.612. The van der Waals surface area contributed by atoms with E-state index >= 15 is 0 Å². The molecule has 0 aliphatic rings. The van der Waals surface area contributed by atoms with Gasteiger partial charge in [0.1, 0.15) is 17.5 Å². The number of hydrogen-bond acceptors (Lipinski definition) is 6. The molecule has 0 unspecified atom stereocenters. The van der Waals surface area contributed by atoms with Crippen LogP contribution in [0.2, 0.25) is 5.02 Å². The van der Waals surface area contributed by atoms with Crippen LogP contribution in [0, 0.1) is 11.7 Å². The normalized spacial score (nSPS) is 13.8. The van der Waals surface area contributed by atoms with E-state index < -0.39 is 17.7 Å². The van der Waals surface area contributed by atoms with Gasteiger partial charge >= 0.3 is 6.09 Å². The van der Waals surface area contributed by atoms with Crippen molar-refractivity contribution in [3.63, 3.8) is 0 Å². The van der Waals surface area contributed by atoms with Crippen molar-refractivity contribution in [2.24, 2.45) is 5.92 Å². The number of halogens is 2. The summed E-state index contributed by atoms with van der Waals surface area (Å²) in [5.74, 6) is 0.193. The van der Waals surface area contributed by atoms with E-state index in [0.29, 0.717) is 10.6 Å². The molecule has 28 heavy (non-hydrogen) atoms. The van der Waals surface area contributed by atoms with E-state index in [1.807, 2.05) is 13.8 Å². The minimum Gasteiger partial charge on any atom is -0.444 e. The van der Waals surface area contributed by atoms with Crippen molar-refractivity contribution in [3.05, 3.63) is 40.5 Å². The zero-order valence-corrected chi connectivity index (χ0v) is 18.2. The third kappa shape index (κ3) is 6.38. The van der Waals surface area contributed by atoms with E-state index in [0.717, 1.165) is 6.42 Å². The number of benzene rings is 1. The standard InChI is InChI=1S/C19H25ClFN3O3S/c1-6-11(2)15(22-17(25)27-19(3,4)5)16-23-24-18(26-16)28-10-12-13(20)8-7-9-14(12)21/h7-9,11,15H,6,10H2,1-5H3,(H,22,25)/t11-,15-/m1/s1. The van der Waals surface area contributed by atoms with Crippen LogP contribution in [0.5, 0.6) is 0 Å². The number of rotatable bonds is 7. The molecule has 0 saturated heterocycles. The van der Waals surface area contributed by atoms with Crippen molar-refractivity contribution in [1.29, 1.82) is 0 Å². The van der Waals surface area contributed by atoms with E-state index in [1.54, 1.807) is 32.9 Å². The first kappa shape index (κ1) is 22.5. The Bertz CT molecular complexity index is 790. The Morgan fingerprint density at radius 2 is 2.11 bits per heavy atom. The molecule has 1 amide bonds. The maximum Gasteiger partial charge on any atom is 0.408 e. The predicted octanol–water partition coefficient (Wildman–Crippen LogP) is 5.77. The fourth-order valence-electron chi connectivity index (χ4n) is 2.33. The summed E-state index contributed by atoms with van der Waals surface area (Å²) in [5, 5.41) is 11.5. The lowest BCUT2D eigenvalue weighted by atomic mass is 9.99. The Labute approximate surface area is 173 Å². The summed E-state index contributed by atoms with van der Waals surface area (Å²) >= 11 is 7.22. The molecular weight excluding hydrogens is 405 g/mol. The van der Waals surface area contributed by atoms with E-state index in [9.17, 15) is 9.18 Å². The van der Waals surface area contributed by atoms with Crippen LogP contribution >= 0.6 is 23.4 Å². The molecule has 0 fully saturated rings. The zero-order valence-electron chi connectivity index (χ0n) is 16.6. The first-order valence-electron chi connectivity index (χ1n) is 8.99. The maximum atomic E-state index is 13.9. The number of nitrogens with one attached hydrogen (secondary N) is 1. The van der Waals surface area contributed by atoms with Crippen LogP contribution in [0.15, 0.2) is 27.8 Å². The second-order valence-electron chi connectivity index (χ2n) is 7.40. The monoisotopic (exact) mass is 429 g/mol. The highest BCUT2D eigenvalue weighted by molar-refractivity contribution is 7.98. The second kappa shape index (κ2) is 9.60. The van der Waals surface area contributed by atoms with Gasteiger partial charge in [-0.05, 0) is 38.8 Å². The topological polar surface area (TPSA) is 77.2 Å². The molecule has 2 aromatic rings. The summed E-state index contributed by atoms with van der Waals surface area (Å²) in [4.78, 5) is 12.2. The van der Waals surface area contributed by atoms with Crippen molar-refractivity contribution in [2.75, 3.05) is 0 Å². The van der Waals surface area contributed by atoms with Gasteiger partial charge in [0.05, 0.1) is 0 Å². The highest BCUT2D eigenvalue weighted by Gasteiger charge is 2.28. The number of amides is 1. The maximum absolute atomic E-state index is 13.9. The smallest absolute Gasteiger partial charge is 0.408 e. The van der Waals surface area contributed by atoms with Crippen LogP contribution in [-0.2, 0) is 10.5 Å². The molecular formula is C19H25ClFN3O3S. The van der Waals surface area contributed by atoms with E-state index in [-0.39, 0.29) is 28.6 Å². The van der Waals surface area contributed by atoms with Gasteiger partial charge in [0.2, 0.25) is 5.89 Å². The van der Waals surface area contributed by atoms with Crippen molar-refractivity contribution < 1.29 is 18.3 Å². The number of nitrogens with zero attached hydrogens (tertiary/aromatic N) is 2. The van der Waals surface area contributed by atoms with Crippen LogP contribution in [0.25, 0.3) is 0 Å². The minimum absolute atomic E-state index is 0.0480. The van der Waals surface area contributed by atoms with Gasteiger partial charge in [0, 0.05) is 16.3 Å². The van der Waals surface area contributed by atoms with Crippen molar-refractivity contribution >= 4 is 29.5 Å². The van der Waals surface area contributed by atoms with E-state index in [2.05, 4.69) is 15.5 Å². The number of aromatic nitrogens is 2. The molecule has 0 radical (unpaired) electrons. The number of thioether (sulfide) groups is 1.